The quantitative estimate of drug-likeness (QED) is 0.669. The summed E-state index contributed by atoms with van der Waals surface area (Å²) in [4.78, 5) is 0. The van der Waals surface area contributed by atoms with Crippen LogP contribution in [0.5, 0.6) is 5.75 Å². The van der Waals surface area contributed by atoms with E-state index in [9.17, 15) is 21.8 Å². The first-order chi connectivity index (χ1) is 7.28. The Kier molecular flexibility index (Phi) is 3.87. The van der Waals surface area contributed by atoms with Crippen molar-refractivity contribution in [1.29, 1.82) is 0 Å². The van der Waals surface area contributed by atoms with Gasteiger partial charge in [0.2, 0.25) is 0 Å². The van der Waals surface area contributed by atoms with Gasteiger partial charge in [0.05, 0.1) is 6.42 Å². The first kappa shape index (κ1) is 12.9. The number of halogens is 4. The van der Waals surface area contributed by atoms with Crippen molar-refractivity contribution in [2.75, 3.05) is 0 Å². The fourth-order valence-electron chi connectivity index (χ4n) is 1.06. The fraction of sp³-hybridized carbons (Fsp3) is 0.250. The van der Waals surface area contributed by atoms with Crippen molar-refractivity contribution < 1.29 is 30.5 Å². The molecule has 0 bridgehead atoms. The molecule has 0 spiro atoms. The van der Waals surface area contributed by atoms with E-state index >= 15 is 0 Å². The number of hydrogen-bond donors (Lipinski definition) is 1. The zero-order chi connectivity index (χ0) is 12.3. The van der Waals surface area contributed by atoms with E-state index in [4.69, 9.17) is 4.55 Å². The molecule has 8 heteroatoms. The molecule has 0 heterocycles. The largest absolute Gasteiger partial charge is 0.393 e. The maximum Gasteiger partial charge on any atom is 0.393 e. The Hall–Kier alpha value is -1.15. The van der Waals surface area contributed by atoms with Crippen molar-refractivity contribution >= 4 is 11.4 Å². The Bertz CT molecular complexity index is 405. The lowest BCUT2D eigenvalue weighted by Gasteiger charge is -2.10. The molecule has 0 fully saturated rings. The Labute approximate surface area is 90.5 Å². The van der Waals surface area contributed by atoms with E-state index in [-0.39, 0.29) is 0 Å². The van der Waals surface area contributed by atoms with E-state index in [1.54, 1.807) is 0 Å². The van der Waals surface area contributed by atoms with Crippen LogP contribution in [0.2, 0.25) is 0 Å². The molecular weight excluding hydrogens is 252 g/mol. The molecule has 3 nitrogen and oxygen atoms in total. The number of rotatable bonds is 3. The van der Waals surface area contributed by atoms with Gasteiger partial charge >= 0.3 is 17.5 Å². The predicted molar refractivity (Wildman–Crippen MR) is 47.6 cm³/mol. The van der Waals surface area contributed by atoms with Crippen LogP contribution in [0.1, 0.15) is 5.56 Å². The van der Waals surface area contributed by atoms with Gasteiger partial charge in [-0.05, 0) is 18.2 Å². The van der Waals surface area contributed by atoms with E-state index < -0.39 is 41.1 Å². The monoisotopic (exact) mass is 258 g/mol. The molecule has 1 aromatic rings. The fourth-order valence-corrected chi connectivity index (χ4v) is 1.38. The van der Waals surface area contributed by atoms with Crippen molar-refractivity contribution in [3.63, 3.8) is 0 Å². The molecule has 0 aliphatic rings. The van der Waals surface area contributed by atoms with Crippen molar-refractivity contribution in [3.8, 4) is 5.75 Å². The highest BCUT2D eigenvalue weighted by atomic mass is 32.2. The molecule has 0 aliphatic carbocycles. The lowest BCUT2D eigenvalue weighted by molar-refractivity contribution is -0.127. The van der Waals surface area contributed by atoms with Crippen molar-refractivity contribution in [2.45, 2.75) is 12.6 Å². The summed E-state index contributed by atoms with van der Waals surface area (Å²) in [6.07, 6.45) is -5.99. The van der Waals surface area contributed by atoms with Gasteiger partial charge in [0.25, 0.3) is 0 Å². The molecule has 1 rings (SSSR count). The SMILES string of the molecule is O=S(O)Oc1ccc(F)cc1CC(F)(F)F. The van der Waals surface area contributed by atoms with Crippen LogP contribution in [0.3, 0.4) is 0 Å². The van der Waals surface area contributed by atoms with Gasteiger partial charge in [-0.1, -0.05) is 0 Å². The van der Waals surface area contributed by atoms with Gasteiger partial charge in [0, 0.05) is 5.56 Å². The average Bonchev–Trinajstić information content (AvgIpc) is 2.06. The molecule has 90 valence electrons. The molecule has 0 saturated carbocycles. The van der Waals surface area contributed by atoms with E-state index in [0.717, 1.165) is 12.1 Å². The number of alkyl halides is 3. The van der Waals surface area contributed by atoms with Gasteiger partial charge in [0.15, 0.2) is 0 Å². The van der Waals surface area contributed by atoms with E-state index in [1.165, 1.54) is 0 Å². The molecule has 1 atom stereocenters. The minimum Gasteiger partial charge on any atom is -0.380 e. The van der Waals surface area contributed by atoms with Crippen LogP contribution in [0, 0.1) is 5.82 Å². The zero-order valence-corrected chi connectivity index (χ0v) is 8.44. The molecule has 0 saturated heterocycles. The minimum atomic E-state index is -4.55. The summed E-state index contributed by atoms with van der Waals surface area (Å²) < 4.78 is 71.8. The molecule has 1 N–H and O–H groups in total. The van der Waals surface area contributed by atoms with E-state index in [1.807, 2.05) is 0 Å². The Morgan fingerprint density at radius 3 is 2.50 bits per heavy atom. The van der Waals surface area contributed by atoms with Crippen LogP contribution in [-0.2, 0) is 17.8 Å². The van der Waals surface area contributed by atoms with Crippen LogP contribution >= 0.6 is 0 Å². The topological polar surface area (TPSA) is 46.5 Å². The first-order valence-corrected chi connectivity index (χ1v) is 4.95. The third-order valence-corrected chi connectivity index (χ3v) is 1.90. The van der Waals surface area contributed by atoms with Crippen LogP contribution in [0.4, 0.5) is 17.6 Å². The molecular formula is C8H6F4O3S. The smallest absolute Gasteiger partial charge is 0.380 e. The maximum atomic E-state index is 12.7. The molecule has 0 radical (unpaired) electrons. The molecule has 0 aliphatic heterocycles. The van der Waals surface area contributed by atoms with Crippen molar-refractivity contribution in [2.24, 2.45) is 0 Å². The van der Waals surface area contributed by atoms with Gasteiger partial charge in [-0.3, -0.25) is 4.55 Å². The molecule has 0 aromatic heterocycles. The van der Waals surface area contributed by atoms with Crippen molar-refractivity contribution in [3.05, 3.63) is 29.6 Å². The summed E-state index contributed by atoms with van der Waals surface area (Å²) in [6, 6.07) is 2.31. The van der Waals surface area contributed by atoms with Crippen LogP contribution in [0.25, 0.3) is 0 Å². The van der Waals surface area contributed by atoms with E-state index in [2.05, 4.69) is 4.18 Å². The third kappa shape index (κ3) is 4.15. The summed E-state index contributed by atoms with van der Waals surface area (Å²) >= 11 is -2.75. The van der Waals surface area contributed by atoms with Crippen LogP contribution < -0.4 is 4.18 Å². The summed E-state index contributed by atoms with van der Waals surface area (Å²) in [6.45, 7) is 0. The minimum absolute atomic E-state index is 0.473. The Balaban J connectivity index is 3.03. The first-order valence-electron chi connectivity index (χ1n) is 3.92. The molecule has 0 amide bonds. The molecule has 1 aromatic carbocycles. The molecule has 1 unspecified atom stereocenters. The standard InChI is InChI=1S/C8H6F4O3S/c9-6-1-2-7(15-16(13)14)5(3-6)4-8(10,11)12/h1-3H,4H2,(H,13,14). The normalized spacial score (nSPS) is 13.6. The second kappa shape index (κ2) is 4.79. The predicted octanol–water partition coefficient (Wildman–Crippen LogP) is 2.45. The number of benzene rings is 1. The Morgan fingerprint density at radius 2 is 2.00 bits per heavy atom. The van der Waals surface area contributed by atoms with Crippen molar-refractivity contribution in [1.82, 2.24) is 0 Å². The van der Waals surface area contributed by atoms with Gasteiger partial charge in [-0.2, -0.15) is 17.4 Å². The summed E-state index contributed by atoms with van der Waals surface area (Å²) in [5.74, 6) is -1.35. The second-order valence-corrected chi connectivity index (χ2v) is 3.45. The van der Waals surface area contributed by atoms with Gasteiger partial charge in [-0.25, -0.2) is 4.39 Å². The highest BCUT2D eigenvalue weighted by Gasteiger charge is 2.29. The Morgan fingerprint density at radius 1 is 1.38 bits per heavy atom. The summed E-state index contributed by atoms with van der Waals surface area (Å²) in [5, 5.41) is 0. The maximum absolute atomic E-state index is 12.7. The van der Waals surface area contributed by atoms with Gasteiger partial charge < -0.3 is 4.18 Å². The van der Waals surface area contributed by atoms with Gasteiger partial charge in [0.1, 0.15) is 11.6 Å². The summed E-state index contributed by atoms with van der Waals surface area (Å²) in [5.41, 5.74) is -0.532. The second-order valence-electron chi connectivity index (χ2n) is 2.84. The summed E-state index contributed by atoms with van der Waals surface area (Å²) in [7, 11) is 0. The lowest BCUT2D eigenvalue weighted by Crippen LogP contribution is -2.13. The highest BCUT2D eigenvalue weighted by Crippen LogP contribution is 2.28. The number of hydrogen-bond acceptors (Lipinski definition) is 2. The molecule has 16 heavy (non-hydrogen) atoms. The van der Waals surface area contributed by atoms with Crippen LogP contribution in [-0.4, -0.2) is 14.9 Å². The third-order valence-electron chi connectivity index (χ3n) is 1.57. The van der Waals surface area contributed by atoms with Gasteiger partial charge in [-0.15, -0.1) is 0 Å². The zero-order valence-electron chi connectivity index (χ0n) is 7.62. The average molecular weight is 258 g/mol. The van der Waals surface area contributed by atoms with E-state index in [0.29, 0.717) is 6.07 Å². The lowest BCUT2D eigenvalue weighted by atomic mass is 10.1. The van der Waals surface area contributed by atoms with Crippen LogP contribution in [0.15, 0.2) is 18.2 Å². The highest BCUT2D eigenvalue weighted by molar-refractivity contribution is 7.74.